The third-order valence-electron chi connectivity index (χ3n) is 2.33. The molecule has 3 heteroatoms. The maximum absolute atomic E-state index is 6.04. The quantitative estimate of drug-likeness (QED) is 0.838. The zero-order valence-corrected chi connectivity index (χ0v) is 10.0. The summed E-state index contributed by atoms with van der Waals surface area (Å²) in [6.07, 6.45) is 0. The van der Waals surface area contributed by atoms with Gasteiger partial charge in [-0.2, -0.15) is 11.3 Å². The summed E-state index contributed by atoms with van der Waals surface area (Å²) in [4.78, 5) is 0. The van der Waals surface area contributed by atoms with Crippen molar-refractivity contribution >= 4 is 28.6 Å². The summed E-state index contributed by atoms with van der Waals surface area (Å²) in [5, 5.41) is 8.42. The van der Waals surface area contributed by atoms with Gasteiger partial charge in [0.25, 0.3) is 0 Å². The normalized spacial score (nSPS) is 10.3. The Morgan fingerprint density at radius 1 is 1.33 bits per heavy atom. The number of nitrogens with one attached hydrogen (secondary N) is 1. The molecule has 0 bridgehead atoms. The first-order valence-electron chi connectivity index (χ1n) is 4.77. The van der Waals surface area contributed by atoms with Crippen LogP contribution in [0.1, 0.15) is 11.1 Å². The number of hydrogen-bond acceptors (Lipinski definition) is 2. The van der Waals surface area contributed by atoms with E-state index >= 15 is 0 Å². The fourth-order valence-corrected chi connectivity index (χ4v) is 2.23. The van der Waals surface area contributed by atoms with Gasteiger partial charge in [-0.1, -0.05) is 17.7 Å². The molecule has 0 aliphatic heterocycles. The first-order chi connectivity index (χ1) is 7.27. The molecule has 1 heterocycles. The molecule has 0 spiro atoms. The second kappa shape index (κ2) is 4.69. The Hall–Kier alpha value is -0.990. The second-order valence-electron chi connectivity index (χ2n) is 3.40. The molecule has 0 amide bonds. The molecule has 15 heavy (non-hydrogen) atoms. The third-order valence-corrected chi connectivity index (χ3v) is 3.47. The Kier molecular flexibility index (Phi) is 3.29. The van der Waals surface area contributed by atoms with Crippen molar-refractivity contribution < 1.29 is 0 Å². The molecule has 78 valence electrons. The van der Waals surface area contributed by atoms with Gasteiger partial charge in [-0.15, -0.1) is 0 Å². The minimum Gasteiger partial charge on any atom is -0.381 e. The summed E-state index contributed by atoms with van der Waals surface area (Å²) in [7, 11) is 0. The van der Waals surface area contributed by atoms with E-state index in [1.54, 1.807) is 11.3 Å². The summed E-state index contributed by atoms with van der Waals surface area (Å²) < 4.78 is 0. The molecule has 0 unspecified atom stereocenters. The predicted octanol–water partition coefficient (Wildman–Crippen LogP) is 4.32. The first kappa shape index (κ1) is 10.5. The van der Waals surface area contributed by atoms with Gasteiger partial charge in [0.1, 0.15) is 0 Å². The van der Waals surface area contributed by atoms with Crippen LogP contribution < -0.4 is 5.32 Å². The fraction of sp³-hybridized carbons (Fsp3) is 0.167. The zero-order chi connectivity index (χ0) is 10.7. The number of hydrogen-bond donors (Lipinski definition) is 1. The lowest BCUT2D eigenvalue weighted by atomic mass is 10.2. The van der Waals surface area contributed by atoms with Crippen LogP contribution in [0.2, 0.25) is 5.02 Å². The van der Waals surface area contributed by atoms with E-state index in [2.05, 4.69) is 22.1 Å². The van der Waals surface area contributed by atoms with Crippen molar-refractivity contribution in [2.45, 2.75) is 13.5 Å². The first-order valence-corrected chi connectivity index (χ1v) is 6.09. The van der Waals surface area contributed by atoms with E-state index in [1.165, 1.54) is 5.56 Å². The smallest absolute Gasteiger partial charge is 0.0455 e. The van der Waals surface area contributed by atoms with Crippen LogP contribution in [-0.2, 0) is 6.54 Å². The Balaban J connectivity index is 2.08. The summed E-state index contributed by atoms with van der Waals surface area (Å²) >= 11 is 7.75. The molecule has 0 aliphatic rings. The van der Waals surface area contributed by atoms with Crippen LogP contribution in [0.5, 0.6) is 0 Å². The average Bonchev–Trinajstić information content (AvgIpc) is 2.73. The lowest BCUT2D eigenvalue weighted by Gasteiger charge is -2.09. The minimum absolute atomic E-state index is 0.810. The van der Waals surface area contributed by atoms with Crippen molar-refractivity contribution in [3.8, 4) is 0 Å². The molecule has 0 fully saturated rings. The lowest BCUT2D eigenvalue weighted by molar-refractivity contribution is 1.15. The number of rotatable bonds is 3. The van der Waals surface area contributed by atoms with Gasteiger partial charge in [0.2, 0.25) is 0 Å². The van der Waals surface area contributed by atoms with Crippen molar-refractivity contribution in [1.82, 2.24) is 0 Å². The third kappa shape index (κ3) is 2.52. The highest BCUT2D eigenvalue weighted by molar-refractivity contribution is 7.07. The van der Waals surface area contributed by atoms with Crippen molar-refractivity contribution in [2.75, 3.05) is 5.32 Å². The maximum Gasteiger partial charge on any atom is 0.0455 e. The van der Waals surface area contributed by atoms with Gasteiger partial charge in [-0.05, 0) is 47.0 Å². The largest absolute Gasteiger partial charge is 0.381 e. The van der Waals surface area contributed by atoms with E-state index in [9.17, 15) is 0 Å². The van der Waals surface area contributed by atoms with E-state index in [1.807, 2.05) is 25.1 Å². The Morgan fingerprint density at radius 2 is 2.20 bits per heavy atom. The van der Waals surface area contributed by atoms with E-state index in [-0.39, 0.29) is 0 Å². The van der Waals surface area contributed by atoms with Crippen molar-refractivity contribution in [1.29, 1.82) is 0 Å². The van der Waals surface area contributed by atoms with Gasteiger partial charge in [-0.3, -0.25) is 0 Å². The fourth-order valence-electron chi connectivity index (χ4n) is 1.39. The van der Waals surface area contributed by atoms with Gasteiger partial charge >= 0.3 is 0 Å². The molecule has 1 aromatic heterocycles. The molecule has 1 aromatic carbocycles. The monoisotopic (exact) mass is 237 g/mol. The highest BCUT2D eigenvalue weighted by Gasteiger charge is 2.01. The number of anilines is 1. The molecular weight excluding hydrogens is 226 g/mol. The molecule has 1 nitrogen and oxygen atoms in total. The van der Waals surface area contributed by atoms with E-state index < -0.39 is 0 Å². The molecule has 2 aromatic rings. The molecule has 0 aliphatic carbocycles. The Morgan fingerprint density at radius 3 is 2.93 bits per heavy atom. The van der Waals surface area contributed by atoms with E-state index in [0.29, 0.717) is 0 Å². The SMILES string of the molecule is Cc1c(Cl)cccc1NCc1ccsc1. The van der Waals surface area contributed by atoms with Crippen molar-refractivity contribution in [3.05, 3.63) is 51.2 Å². The lowest BCUT2D eigenvalue weighted by Crippen LogP contribution is -1.99. The van der Waals surface area contributed by atoms with Gasteiger partial charge < -0.3 is 5.32 Å². The summed E-state index contributed by atoms with van der Waals surface area (Å²) in [6.45, 7) is 2.88. The number of halogens is 1. The number of thiophene rings is 1. The van der Waals surface area contributed by atoms with Gasteiger partial charge in [0.15, 0.2) is 0 Å². The molecular formula is C12H12ClNS. The number of benzene rings is 1. The van der Waals surface area contributed by atoms with Crippen LogP contribution >= 0.6 is 22.9 Å². The molecule has 2 rings (SSSR count). The predicted molar refractivity (Wildman–Crippen MR) is 67.8 cm³/mol. The van der Waals surface area contributed by atoms with Gasteiger partial charge in [0.05, 0.1) is 0 Å². The van der Waals surface area contributed by atoms with Crippen molar-refractivity contribution in [3.63, 3.8) is 0 Å². The second-order valence-corrected chi connectivity index (χ2v) is 4.58. The molecule has 0 saturated heterocycles. The molecule has 1 N–H and O–H groups in total. The van der Waals surface area contributed by atoms with Crippen LogP contribution in [0, 0.1) is 6.92 Å². The van der Waals surface area contributed by atoms with E-state index in [0.717, 1.165) is 22.8 Å². The summed E-state index contributed by atoms with van der Waals surface area (Å²) in [5.41, 5.74) is 3.52. The highest BCUT2D eigenvalue weighted by atomic mass is 35.5. The molecule has 0 saturated carbocycles. The highest BCUT2D eigenvalue weighted by Crippen LogP contribution is 2.23. The van der Waals surface area contributed by atoms with Gasteiger partial charge in [0, 0.05) is 17.3 Å². The van der Waals surface area contributed by atoms with Crippen LogP contribution in [0.25, 0.3) is 0 Å². The van der Waals surface area contributed by atoms with Crippen LogP contribution in [0.4, 0.5) is 5.69 Å². The van der Waals surface area contributed by atoms with Gasteiger partial charge in [-0.25, -0.2) is 0 Å². The minimum atomic E-state index is 0.810. The van der Waals surface area contributed by atoms with E-state index in [4.69, 9.17) is 11.6 Å². The molecule has 0 radical (unpaired) electrons. The van der Waals surface area contributed by atoms with Crippen LogP contribution in [-0.4, -0.2) is 0 Å². The van der Waals surface area contributed by atoms with Crippen LogP contribution in [0.15, 0.2) is 35.0 Å². The maximum atomic E-state index is 6.04. The zero-order valence-electron chi connectivity index (χ0n) is 8.46. The summed E-state index contributed by atoms with van der Waals surface area (Å²) in [5.74, 6) is 0. The molecule has 0 atom stereocenters. The summed E-state index contributed by atoms with van der Waals surface area (Å²) in [6, 6.07) is 8.04. The topological polar surface area (TPSA) is 12.0 Å². The average molecular weight is 238 g/mol. The van der Waals surface area contributed by atoms with Crippen molar-refractivity contribution in [2.24, 2.45) is 0 Å². The Bertz CT molecular complexity index is 437. The van der Waals surface area contributed by atoms with Crippen LogP contribution in [0.3, 0.4) is 0 Å². The standard InChI is InChI=1S/C12H12ClNS/c1-9-11(13)3-2-4-12(9)14-7-10-5-6-15-8-10/h2-6,8,14H,7H2,1H3. The Labute approximate surface area is 98.7 Å².